The van der Waals surface area contributed by atoms with Gasteiger partial charge >= 0.3 is 5.97 Å². The first kappa shape index (κ1) is 13.8. The minimum Gasteiger partial charge on any atom is -0.464 e. The maximum atomic E-state index is 10.9. The van der Waals surface area contributed by atoms with Crippen LogP contribution in [0, 0.1) is 0 Å². The van der Waals surface area contributed by atoms with Crippen molar-refractivity contribution in [1.82, 2.24) is 5.32 Å². The zero-order valence-corrected chi connectivity index (χ0v) is 10.9. The summed E-state index contributed by atoms with van der Waals surface area (Å²) < 4.78 is 10.4. The van der Waals surface area contributed by atoms with Gasteiger partial charge in [-0.1, -0.05) is 0 Å². The third-order valence-electron chi connectivity index (χ3n) is 2.64. The average molecular weight is 247 g/mol. The summed E-state index contributed by atoms with van der Waals surface area (Å²) in [5, 5.41) is 3.35. The monoisotopic (exact) mass is 247 g/mol. The maximum Gasteiger partial charge on any atom is 0.332 e. The molecular formula is C11H21NO3S. The summed E-state index contributed by atoms with van der Waals surface area (Å²) in [6, 6.07) is 0. The van der Waals surface area contributed by atoms with Crippen molar-refractivity contribution in [2.45, 2.75) is 24.5 Å². The van der Waals surface area contributed by atoms with E-state index in [9.17, 15) is 4.79 Å². The summed E-state index contributed by atoms with van der Waals surface area (Å²) >= 11 is 1.94. The Morgan fingerprint density at radius 2 is 2.25 bits per heavy atom. The number of hydrogen-bond donors (Lipinski definition) is 1. The molecule has 1 N–H and O–H groups in total. The van der Waals surface area contributed by atoms with Gasteiger partial charge in [0.1, 0.15) is 6.61 Å². The second-order valence-corrected chi connectivity index (χ2v) is 5.20. The summed E-state index contributed by atoms with van der Waals surface area (Å²) in [6.45, 7) is 4.65. The summed E-state index contributed by atoms with van der Waals surface area (Å²) in [4.78, 5) is 10.9. The average Bonchev–Trinajstić information content (AvgIpc) is 3.04. The second-order valence-electron chi connectivity index (χ2n) is 3.92. The molecule has 94 valence electrons. The van der Waals surface area contributed by atoms with Gasteiger partial charge in [-0.25, -0.2) is 4.79 Å². The molecular weight excluding hydrogens is 226 g/mol. The maximum absolute atomic E-state index is 10.9. The molecule has 0 aromatic rings. The van der Waals surface area contributed by atoms with Gasteiger partial charge in [-0.15, -0.1) is 0 Å². The standard InChI is InChI=1S/C11H21NO3S/c1-3-15-10(13)8-14-7-6-12-9-11(16-2)4-5-11/h12H,3-9H2,1-2H3. The predicted octanol–water partition coefficient (Wildman–Crippen LogP) is 1.05. The van der Waals surface area contributed by atoms with Gasteiger partial charge in [0.15, 0.2) is 0 Å². The Morgan fingerprint density at radius 1 is 1.50 bits per heavy atom. The van der Waals surface area contributed by atoms with Crippen molar-refractivity contribution in [3.8, 4) is 0 Å². The lowest BCUT2D eigenvalue weighted by atomic mass is 10.4. The van der Waals surface area contributed by atoms with Crippen LogP contribution in [0.4, 0.5) is 0 Å². The van der Waals surface area contributed by atoms with E-state index in [0.29, 0.717) is 18.0 Å². The Balaban J connectivity index is 1.87. The smallest absolute Gasteiger partial charge is 0.332 e. The molecule has 0 aromatic heterocycles. The van der Waals surface area contributed by atoms with E-state index in [0.717, 1.165) is 13.1 Å². The van der Waals surface area contributed by atoms with Crippen molar-refractivity contribution in [1.29, 1.82) is 0 Å². The van der Waals surface area contributed by atoms with Gasteiger partial charge < -0.3 is 14.8 Å². The highest BCUT2D eigenvalue weighted by molar-refractivity contribution is 8.00. The summed E-state index contributed by atoms with van der Waals surface area (Å²) in [5.74, 6) is -0.287. The van der Waals surface area contributed by atoms with Crippen LogP contribution in [0.3, 0.4) is 0 Å². The molecule has 1 aliphatic rings. The highest BCUT2D eigenvalue weighted by Gasteiger charge is 2.41. The lowest BCUT2D eigenvalue weighted by Gasteiger charge is -2.12. The van der Waals surface area contributed by atoms with E-state index in [4.69, 9.17) is 9.47 Å². The molecule has 1 saturated carbocycles. The van der Waals surface area contributed by atoms with E-state index >= 15 is 0 Å². The zero-order chi connectivity index (χ0) is 11.9. The molecule has 1 rings (SSSR count). The Morgan fingerprint density at radius 3 is 2.81 bits per heavy atom. The molecule has 0 spiro atoms. The lowest BCUT2D eigenvalue weighted by molar-refractivity contribution is -0.148. The van der Waals surface area contributed by atoms with Crippen molar-refractivity contribution in [3.63, 3.8) is 0 Å². The summed E-state index contributed by atoms with van der Waals surface area (Å²) in [7, 11) is 0. The number of carbonyl (C=O) groups excluding carboxylic acids is 1. The van der Waals surface area contributed by atoms with E-state index in [2.05, 4.69) is 11.6 Å². The van der Waals surface area contributed by atoms with E-state index in [-0.39, 0.29) is 12.6 Å². The molecule has 0 aliphatic heterocycles. The van der Waals surface area contributed by atoms with E-state index in [1.807, 2.05) is 11.8 Å². The van der Waals surface area contributed by atoms with Gasteiger partial charge in [-0.3, -0.25) is 0 Å². The number of hydrogen-bond acceptors (Lipinski definition) is 5. The first-order valence-electron chi connectivity index (χ1n) is 5.72. The third kappa shape index (κ3) is 5.18. The largest absolute Gasteiger partial charge is 0.464 e. The Kier molecular flexibility index (Phi) is 6.16. The fourth-order valence-electron chi connectivity index (χ4n) is 1.41. The molecule has 16 heavy (non-hydrogen) atoms. The molecule has 0 radical (unpaired) electrons. The van der Waals surface area contributed by atoms with Crippen LogP contribution in [-0.4, -0.2) is 49.9 Å². The topological polar surface area (TPSA) is 47.6 Å². The molecule has 4 nitrogen and oxygen atoms in total. The van der Waals surface area contributed by atoms with Crippen molar-refractivity contribution in [2.75, 3.05) is 39.2 Å². The number of carbonyl (C=O) groups is 1. The molecule has 0 atom stereocenters. The summed E-state index contributed by atoms with van der Waals surface area (Å²) in [6.07, 6.45) is 4.78. The van der Waals surface area contributed by atoms with Crippen LogP contribution in [0.1, 0.15) is 19.8 Å². The molecule has 1 aliphatic carbocycles. The first-order valence-corrected chi connectivity index (χ1v) is 6.94. The van der Waals surface area contributed by atoms with Crippen LogP contribution in [0.5, 0.6) is 0 Å². The first-order chi connectivity index (χ1) is 7.72. The number of rotatable bonds is 9. The van der Waals surface area contributed by atoms with E-state index in [1.165, 1.54) is 12.8 Å². The van der Waals surface area contributed by atoms with Crippen LogP contribution in [0.2, 0.25) is 0 Å². The van der Waals surface area contributed by atoms with Crippen LogP contribution in [0.25, 0.3) is 0 Å². The zero-order valence-electron chi connectivity index (χ0n) is 10.1. The fourth-order valence-corrected chi connectivity index (χ4v) is 2.17. The molecule has 1 fully saturated rings. The Bertz CT molecular complexity index is 219. The van der Waals surface area contributed by atoms with Crippen molar-refractivity contribution in [2.24, 2.45) is 0 Å². The Hall–Kier alpha value is -0.260. The number of ether oxygens (including phenoxy) is 2. The van der Waals surface area contributed by atoms with Crippen LogP contribution in [0.15, 0.2) is 0 Å². The molecule has 0 bridgehead atoms. The lowest BCUT2D eigenvalue weighted by Crippen LogP contribution is -2.29. The predicted molar refractivity (Wildman–Crippen MR) is 65.8 cm³/mol. The number of thioether (sulfide) groups is 1. The number of esters is 1. The third-order valence-corrected chi connectivity index (χ3v) is 4.05. The van der Waals surface area contributed by atoms with Gasteiger partial charge in [-0.2, -0.15) is 11.8 Å². The number of nitrogens with one attached hydrogen (secondary N) is 1. The van der Waals surface area contributed by atoms with Gasteiger partial charge in [0.05, 0.1) is 13.2 Å². The quantitative estimate of drug-likeness (QED) is 0.487. The van der Waals surface area contributed by atoms with E-state index in [1.54, 1.807) is 6.92 Å². The van der Waals surface area contributed by atoms with Crippen LogP contribution in [-0.2, 0) is 14.3 Å². The van der Waals surface area contributed by atoms with Gasteiger partial charge in [0.25, 0.3) is 0 Å². The van der Waals surface area contributed by atoms with Crippen molar-refractivity contribution >= 4 is 17.7 Å². The second kappa shape index (κ2) is 7.14. The molecule has 0 amide bonds. The molecule has 0 heterocycles. The molecule has 0 unspecified atom stereocenters. The molecule has 0 saturated heterocycles. The van der Waals surface area contributed by atoms with Crippen LogP contribution >= 0.6 is 11.8 Å². The van der Waals surface area contributed by atoms with Crippen molar-refractivity contribution in [3.05, 3.63) is 0 Å². The SMILES string of the molecule is CCOC(=O)COCCNCC1(SC)CC1. The minimum atomic E-state index is -0.287. The van der Waals surface area contributed by atoms with Crippen molar-refractivity contribution < 1.29 is 14.3 Å². The van der Waals surface area contributed by atoms with Gasteiger partial charge in [0, 0.05) is 17.8 Å². The summed E-state index contributed by atoms with van der Waals surface area (Å²) in [5.41, 5.74) is 0. The normalized spacial score (nSPS) is 17.1. The van der Waals surface area contributed by atoms with Gasteiger partial charge in [0.2, 0.25) is 0 Å². The van der Waals surface area contributed by atoms with Crippen LogP contribution < -0.4 is 5.32 Å². The molecule has 0 aromatic carbocycles. The highest BCUT2D eigenvalue weighted by atomic mass is 32.2. The minimum absolute atomic E-state index is 0.0587. The molecule has 5 heteroatoms. The highest BCUT2D eigenvalue weighted by Crippen LogP contribution is 2.46. The van der Waals surface area contributed by atoms with E-state index < -0.39 is 0 Å². The van der Waals surface area contributed by atoms with Gasteiger partial charge in [-0.05, 0) is 26.0 Å². The Labute approximate surface area is 101 Å². The fraction of sp³-hybridized carbons (Fsp3) is 0.909.